The number of fused-ring (bicyclic) bond motifs is 1. The zero-order valence-corrected chi connectivity index (χ0v) is 12.7. The quantitative estimate of drug-likeness (QED) is 0.933. The first-order valence-corrected chi connectivity index (χ1v) is 7.54. The predicted molar refractivity (Wildman–Crippen MR) is 81.6 cm³/mol. The number of benzene rings is 2. The van der Waals surface area contributed by atoms with Crippen LogP contribution in [-0.2, 0) is 11.2 Å². The normalized spacial score (nSPS) is 17.5. The van der Waals surface area contributed by atoms with Crippen LogP contribution in [0, 0.1) is 0 Å². The van der Waals surface area contributed by atoms with Crippen molar-refractivity contribution in [1.29, 1.82) is 0 Å². The summed E-state index contributed by atoms with van der Waals surface area (Å²) in [5.74, 6) is -0.379. The molecule has 1 heterocycles. The molecule has 122 valence electrons. The molecule has 0 radical (unpaired) electrons. The van der Waals surface area contributed by atoms with Crippen LogP contribution in [-0.4, -0.2) is 23.6 Å². The lowest BCUT2D eigenvalue weighted by Crippen LogP contribution is -2.43. The molecule has 2 aromatic rings. The second kappa shape index (κ2) is 5.85. The monoisotopic (exact) mass is 322 g/mol. The van der Waals surface area contributed by atoms with Crippen molar-refractivity contribution in [2.45, 2.75) is 32.0 Å². The number of aryl methyl sites for hydroxylation is 1. The van der Waals surface area contributed by atoms with Gasteiger partial charge in [-0.3, -0.25) is 10.2 Å². The van der Waals surface area contributed by atoms with E-state index in [9.17, 15) is 18.0 Å². The summed E-state index contributed by atoms with van der Waals surface area (Å²) in [6, 6.07) is 8.76. The summed E-state index contributed by atoms with van der Waals surface area (Å²) in [6.07, 6.45) is -3.74. The highest BCUT2D eigenvalue weighted by molar-refractivity contribution is 5.86. The lowest BCUT2D eigenvalue weighted by molar-refractivity contribution is -0.191. The molecule has 1 aliphatic heterocycles. The molecule has 0 aliphatic carbocycles. The topological polar surface area (TPSA) is 32.3 Å². The highest BCUT2D eigenvalue weighted by Gasteiger charge is 2.47. The maximum atomic E-state index is 13.6. The SMILES string of the molecule is CCc1cc([C@H](N2CCC(=O)N2)C(F)(F)F)cc2ccccc12. The molecular weight excluding hydrogens is 305 g/mol. The minimum absolute atomic E-state index is 0.0529. The number of amides is 1. The third-order valence-electron chi connectivity index (χ3n) is 4.14. The average Bonchev–Trinajstić information content (AvgIpc) is 2.91. The van der Waals surface area contributed by atoms with Crippen molar-refractivity contribution in [2.24, 2.45) is 0 Å². The van der Waals surface area contributed by atoms with Crippen molar-refractivity contribution in [3.63, 3.8) is 0 Å². The molecular formula is C17H17F3N2O. The summed E-state index contributed by atoms with van der Waals surface area (Å²) < 4.78 is 40.9. The number of nitrogens with one attached hydrogen (secondary N) is 1. The van der Waals surface area contributed by atoms with Crippen molar-refractivity contribution in [1.82, 2.24) is 10.4 Å². The van der Waals surface area contributed by atoms with E-state index in [0.717, 1.165) is 21.3 Å². The van der Waals surface area contributed by atoms with Crippen LogP contribution in [0.4, 0.5) is 13.2 Å². The maximum absolute atomic E-state index is 13.6. The average molecular weight is 322 g/mol. The Bertz CT molecular complexity index is 742. The molecule has 6 heteroatoms. The molecule has 2 aromatic carbocycles. The molecule has 0 spiro atoms. The van der Waals surface area contributed by atoms with Gasteiger partial charge in [0.1, 0.15) is 6.04 Å². The minimum Gasteiger partial charge on any atom is -0.288 e. The summed E-state index contributed by atoms with van der Waals surface area (Å²) in [5, 5.41) is 2.73. The minimum atomic E-state index is -4.47. The lowest BCUT2D eigenvalue weighted by Gasteiger charge is -2.30. The highest BCUT2D eigenvalue weighted by Crippen LogP contribution is 2.39. The Balaban J connectivity index is 2.12. The van der Waals surface area contributed by atoms with Gasteiger partial charge >= 0.3 is 6.18 Å². The first-order chi connectivity index (χ1) is 10.9. The van der Waals surface area contributed by atoms with E-state index in [0.29, 0.717) is 6.42 Å². The van der Waals surface area contributed by atoms with Gasteiger partial charge in [0.05, 0.1) is 0 Å². The fourth-order valence-corrected chi connectivity index (χ4v) is 3.10. The van der Waals surface area contributed by atoms with E-state index < -0.39 is 12.2 Å². The number of hydrogen-bond acceptors (Lipinski definition) is 2. The molecule has 0 bridgehead atoms. The first-order valence-electron chi connectivity index (χ1n) is 7.54. The van der Waals surface area contributed by atoms with Crippen LogP contribution in [0.15, 0.2) is 36.4 Å². The Kier molecular flexibility index (Phi) is 4.02. The highest BCUT2D eigenvalue weighted by atomic mass is 19.4. The van der Waals surface area contributed by atoms with Gasteiger partial charge in [-0.05, 0) is 34.4 Å². The maximum Gasteiger partial charge on any atom is 0.409 e. The number of hydrazine groups is 1. The van der Waals surface area contributed by atoms with Gasteiger partial charge in [0.25, 0.3) is 0 Å². The molecule has 1 amide bonds. The molecule has 1 atom stereocenters. The van der Waals surface area contributed by atoms with E-state index in [1.165, 1.54) is 0 Å². The third kappa shape index (κ3) is 3.03. The van der Waals surface area contributed by atoms with Gasteiger partial charge in [-0.25, -0.2) is 5.01 Å². The largest absolute Gasteiger partial charge is 0.409 e. The zero-order valence-electron chi connectivity index (χ0n) is 12.7. The summed E-state index contributed by atoms with van der Waals surface area (Å²) in [7, 11) is 0. The standard InChI is InChI=1S/C17H17F3N2O/c1-2-11-9-13(10-12-5-3-4-6-14(11)12)16(17(18,19)20)22-8-7-15(23)21-22/h3-6,9-10,16H,2,7-8H2,1H3,(H,21,23)/t16-/m0/s1. The van der Waals surface area contributed by atoms with Crippen LogP contribution >= 0.6 is 0 Å². The van der Waals surface area contributed by atoms with Crippen molar-refractivity contribution in [3.05, 3.63) is 47.5 Å². The van der Waals surface area contributed by atoms with Gasteiger partial charge in [0.15, 0.2) is 0 Å². The number of nitrogens with zero attached hydrogens (tertiary/aromatic N) is 1. The molecule has 1 fully saturated rings. The lowest BCUT2D eigenvalue weighted by atomic mass is 9.95. The molecule has 0 aromatic heterocycles. The Morgan fingerprint density at radius 1 is 1.26 bits per heavy atom. The second-order valence-corrected chi connectivity index (χ2v) is 5.68. The Hall–Kier alpha value is -2.08. The fraction of sp³-hybridized carbons (Fsp3) is 0.353. The van der Waals surface area contributed by atoms with E-state index in [2.05, 4.69) is 5.43 Å². The smallest absolute Gasteiger partial charge is 0.288 e. The van der Waals surface area contributed by atoms with E-state index in [-0.39, 0.29) is 24.4 Å². The number of carbonyl (C=O) groups is 1. The van der Waals surface area contributed by atoms with E-state index in [1.807, 2.05) is 31.2 Å². The molecule has 0 saturated carbocycles. The van der Waals surface area contributed by atoms with Crippen LogP contribution in [0.2, 0.25) is 0 Å². The van der Waals surface area contributed by atoms with Crippen molar-refractivity contribution < 1.29 is 18.0 Å². The number of rotatable bonds is 3. The zero-order chi connectivity index (χ0) is 16.6. The predicted octanol–water partition coefficient (Wildman–Crippen LogP) is 3.74. The van der Waals surface area contributed by atoms with E-state index >= 15 is 0 Å². The number of halogens is 3. The van der Waals surface area contributed by atoms with Gasteiger partial charge in [-0.2, -0.15) is 13.2 Å². The van der Waals surface area contributed by atoms with Crippen molar-refractivity contribution >= 4 is 16.7 Å². The van der Waals surface area contributed by atoms with Crippen LogP contribution in [0.5, 0.6) is 0 Å². The molecule has 1 aliphatic rings. The fourth-order valence-electron chi connectivity index (χ4n) is 3.10. The number of carbonyl (C=O) groups excluding carboxylic acids is 1. The van der Waals surface area contributed by atoms with Crippen LogP contribution in [0.1, 0.15) is 30.5 Å². The van der Waals surface area contributed by atoms with Crippen LogP contribution < -0.4 is 5.43 Å². The van der Waals surface area contributed by atoms with Gasteiger partial charge < -0.3 is 0 Å². The molecule has 1 saturated heterocycles. The van der Waals surface area contributed by atoms with Crippen LogP contribution in [0.3, 0.4) is 0 Å². The molecule has 0 unspecified atom stereocenters. The third-order valence-corrected chi connectivity index (χ3v) is 4.14. The van der Waals surface area contributed by atoms with Gasteiger partial charge in [-0.15, -0.1) is 0 Å². The molecule has 1 N–H and O–H groups in total. The summed E-state index contributed by atoms with van der Waals surface area (Å²) in [4.78, 5) is 11.3. The van der Waals surface area contributed by atoms with E-state index in [4.69, 9.17) is 0 Å². The summed E-state index contributed by atoms with van der Waals surface area (Å²) in [5.41, 5.74) is 3.35. The Labute approximate surface area is 132 Å². The van der Waals surface area contributed by atoms with E-state index in [1.54, 1.807) is 12.1 Å². The van der Waals surface area contributed by atoms with Gasteiger partial charge in [0.2, 0.25) is 5.91 Å². The number of alkyl halides is 3. The second-order valence-electron chi connectivity index (χ2n) is 5.68. The van der Waals surface area contributed by atoms with Crippen molar-refractivity contribution in [3.8, 4) is 0 Å². The van der Waals surface area contributed by atoms with Crippen molar-refractivity contribution in [2.75, 3.05) is 6.54 Å². The van der Waals surface area contributed by atoms with Crippen LogP contribution in [0.25, 0.3) is 10.8 Å². The first kappa shape index (κ1) is 15.8. The molecule has 3 rings (SSSR count). The van der Waals surface area contributed by atoms with Gasteiger partial charge in [-0.1, -0.05) is 37.3 Å². The van der Waals surface area contributed by atoms with Gasteiger partial charge in [0, 0.05) is 13.0 Å². The molecule has 23 heavy (non-hydrogen) atoms. The molecule has 3 nitrogen and oxygen atoms in total. The Morgan fingerprint density at radius 3 is 2.61 bits per heavy atom. The summed E-state index contributed by atoms with van der Waals surface area (Å²) in [6.45, 7) is 1.98. The Morgan fingerprint density at radius 2 is 2.00 bits per heavy atom. The number of hydrogen-bond donors (Lipinski definition) is 1. The summed E-state index contributed by atoms with van der Waals surface area (Å²) >= 11 is 0.